The molecule has 0 aliphatic carbocycles. The number of aromatic nitrogens is 1. The van der Waals surface area contributed by atoms with Crippen molar-refractivity contribution in [2.45, 2.75) is 12.8 Å². The van der Waals surface area contributed by atoms with Gasteiger partial charge in [-0.3, -0.25) is 25.4 Å². The van der Waals surface area contributed by atoms with Gasteiger partial charge in [-0.1, -0.05) is 12.1 Å². The molecule has 2 aromatic rings. The minimum absolute atomic E-state index is 0.147. The van der Waals surface area contributed by atoms with Crippen LogP contribution in [-0.4, -0.2) is 38.1 Å². The van der Waals surface area contributed by atoms with Gasteiger partial charge in [-0.05, 0) is 30.2 Å². The highest BCUT2D eigenvalue weighted by atomic mass is 16.5. The van der Waals surface area contributed by atoms with Gasteiger partial charge >= 0.3 is 0 Å². The number of rotatable bonds is 7. The van der Waals surface area contributed by atoms with Crippen molar-refractivity contribution in [2.75, 3.05) is 21.3 Å². The number of hydrazine groups is 1. The summed E-state index contributed by atoms with van der Waals surface area (Å²) >= 11 is 0. The maximum absolute atomic E-state index is 12.0. The summed E-state index contributed by atoms with van der Waals surface area (Å²) in [5, 5.41) is 0. The number of benzene rings is 1. The Morgan fingerprint density at radius 1 is 0.962 bits per heavy atom. The molecule has 0 bridgehead atoms. The molecule has 1 heterocycles. The lowest BCUT2D eigenvalue weighted by Crippen LogP contribution is -2.42. The largest absolute Gasteiger partial charge is 0.493 e. The van der Waals surface area contributed by atoms with Gasteiger partial charge in [-0.2, -0.15) is 0 Å². The molecule has 1 aromatic carbocycles. The summed E-state index contributed by atoms with van der Waals surface area (Å²) in [6.07, 6.45) is 2.04. The predicted molar refractivity (Wildman–Crippen MR) is 94.3 cm³/mol. The van der Waals surface area contributed by atoms with Gasteiger partial charge in [0.1, 0.15) is 5.69 Å². The van der Waals surface area contributed by atoms with E-state index in [1.54, 1.807) is 30.3 Å². The number of pyridine rings is 1. The molecule has 0 aliphatic rings. The molecule has 0 atom stereocenters. The lowest BCUT2D eigenvalue weighted by Gasteiger charge is -2.15. The van der Waals surface area contributed by atoms with Gasteiger partial charge in [-0.15, -0.1) is 0 Å². The lowest BCUT2D eigenvalue weighted by molar-refractivity contribution is -0.121. The fraction of sp³-hybridized carbons (Fsp3) is 0.278. The van der Waals surface area contributed by atoms with Crippen LogP contribution >= 0.6 is 0 Å². The van der Waals surface area contributed by atoms with Crippen molar-refractivity contribution in [3.8, 4) is 17.2 Å². The van der Waals surface area contributed by atoms with Crippen LogP contribution in [0.4, 0.5) is 0 Å². The third kappa shape index (κ3) is 4.62. The smallest absolute Gasteiger partial charge is 0.288 e. The molecule has 0 saturated carbocycles. The summed E-state index contributed by atoms with van der Waals surface area (Å²) in [7, 11) is 4.58. The van der Waals surface area contributed by atoms with Crippen LogP contribution in [0.2, 0.25) is 0 Å². The molecule has 8 heteroatoms. The number of methoxy groups -OCH3 is 3. The van der Waals surface area contributed by atoms with Crippen LogP contribution in [0, 0.1) is 0 Å². The topological polar surface area (TPSA) is 98.8 Å². The fourth-order valence-electron chi connectivity index (χ4n) is 2.36. The average Bonchev–Trinajstić information content (AvgIpc) is 2.69. The average molecular weight is 359 g/mol. The van der Waals surface area contributed by atoms with Crippen molar-refractivity contribution < 1.29 is 23.8 Å². The first kappa shape index (κ1) is 19.0. The Balaban J connectivity index is 1.94. The molecule has 0 unspecified atom stereocenters. The SMILES string of the molecule is COc1ccc(CCC(=O)NNC(=O)c2ccccn2)c(OC)c1OC. The van der Waals surface area contributed by atoms with Crippen LogP contribution in [0.25, 0.3) is 0 Å². The minimum atomic E-state index is -0.484. The quantitative estimate of drug-likeness (QED) is 0.727. The maximum atomic E-state index is 12.0. The number of nitrogens with zero attached hydrogens (tertiary/aromatic N) is 1. The minimum Gasteiger partial charge on any atom is -0.493 e. The number of ether oxygens (including phenoxy) is 3. The molecule has 1 aromatic heterocycles. The van der Waals surface area contributed by atoms with Gasteiger partial charge in [-0.25, -0.2) is 0 Å². The van der Waals surface area contributed by atoms with Crippen LogP contribution in [0.15, 0.2) is 36.5 Å². The molecule has 138 valence electrons. The number of hydrogen-bond acceptors (Lipinski definition) is 6. The van der Waals surface area contributed by atoms with Gasteiger partial charge in [0.15, 0.2) is 11.5 Å². The summed E-state index contributed by atoms with van der Waals surface area (Å²) in [5.41, 5.74) is 5.70. The van der Waals surface area contributed by atoms with E-state index in [4.69, 9.17) is 14.2 Å². The van der Waals surface area contributed by atoms with E-state index in [1.165, 1.54) is 27.5 Å². The van der Waals surface area contributed by atoms with Crippen molar-refractivity contribution in [1.29, 1.82) is 0 Å². The first-order valence-corrected chi connectivity index (χ1v) is 7.88. The number of carbonyl (C=O) groups is 2. The van der Waals surface area contributed by atoms with Crippen LogP contribution < -0.4 is 25.1 Å². The van der Waals surface area contributed by atoms with E-state index in [1.807, 2.05) is 0 Å². The van der Waals surface area contributed by atoms with Gasteiger partial charge in [0.25, 0.3) is 5.91 Å². The van der Waals surface area contributed by atoms with Gasteiger partial charge < -0.3 is 14.2 Å². The van der Waals surface area contributed by atoms with Crippen molar-refractivity contribution in [3.05, 3.63) is 47.8 Å². The van der Waals surface area contributed by atoms with Crippen molar-refractivity contribution in [3.63, 3.8) is 0 Å². The Hall–Kier alpha value is -3.29. The maximum Gasteiger partial charge on any atom is 0.288 e. The zero-order chi connectivity index (χ0) is 18.9. The summed E-state index contributed by atoms with van der Waals surface area (Å²) in [6, 6.07) is 8.49. The molecule has 2 N–H and O–H groups in total. The zero-order valence-corrected chi connectivity index (χ0v) is 14.9. The van der Waals surface area contributed by atoms with Crippen molar-refractivity contribution in [1.82, 2.24) is 15.8 Å². The lowest BCUT2D eigenvalue weighted by atomic mass is 10.1. The first-order valence-electron chi connectivity index (χ1n) is 7.88. The third-order valence-electron chi connectivity index (χ3n) is 3.62. The normalized spacial score (nSPS) is 9.96. The van der Waals surface area contributed by atoms with Gasteiger partial charge in [0.05, 0.1) is 21.3 Å². The summed E-state index contributed by atoms with van der Waals surface area (Å²) in [6.45, 7) is 0. The molecule has 0 spiro atoms. The number of amides is 2. The molecule has 8 nitrogen and oxygen atoms in total. The highest BCUT2D eigenvalue weighted by Crippen LogP contribution is 2.40. The second-order valence-electron chi connectivity index (χ2n) is 5.21. The van der Waals surface area contributed by atoms with Crippen LogP contribution in [-0.2, 0) is 11.2 Å². The Kier molecular flexibility index (Phi) is 6.78. The molecule has 2 amide bonds. The summed E-state index contributed by atoms with van der Waals surface area (Å²) in [4.78, 5) is 27.7. The van der Waals surface area contributed by atoms with E-state index in [9.17, 15) is 9.59 Å². The van der Waals surface area contributed by atoms with Crippen molar-refractivity contribution >= 4 is 11.8 Å². The van der Waals surface area contributed by atoms with Gasteiger partial charge in [0.2, 0.25) is 11.7 Å². The second kappa shape index (κ2) is 9.26. The second-order valence-corrected chi connectivity index (χ2v) is 5.21. The van der Waals surface area contributed by atoms with Crippen LogP contribution in [0.3, 0.4) is 0 Å². The summed E-state index contributed by atoms with van der Waals surface area (Å²) in [5.74, 6) is 0.697. The molecular weight excluding hydrogens is 338 g/mol. The molecular formula is C18H21N3O5. The summed E-state index contributed by atoms with van der Waals surface area (Å²) < 4.78 is 15.9. The van der Waals surface area contributed by atoms with Gasteiger partial charge in [0, 0.05) is 12.6 Å². The van der Waals surface area contributed by atoms with Crippen LogP contribution in [0.5, 0.6) is 17.2 Å². The fourth-order valence-corrected chi connectivity index (χ4v) is 2.36. The number of hydrogen-bond donors (Lipinski definition) is 2. The van der Waals surface area contributed by atoms with E-state index in [2.05, 4.69) is 15.8 Å². The Morgan fingerprint density at radius 2 is 1.73 bits per heavy atom. The molecule has 0 fully saturated rings. The number of aryl methyl sites for hydroxylation is 1. The first-order chi connectivity index (χ1) is 12.6. The third-order valence-corrected chi connectivity index (χ3v) is 3.62. The van der Waals surface area contributed by atoms with E-state index in [0.717, 1.165) is 5.56 Å². The van der Waals surface area contributed by atoms with Crippen LogP contribution in [0.1, 0.15) is 22.5 Å². The number of nitrogens with one attached hydrogen (secondary N) is 2. The Bertz CT molecular complexity index is 765. The monoisotopic (exact) mass is 359 g/mol. The highest BCUT2D eigenvalue weighted by molar-refractivity contribution is 5.93. The molecule has 0 radical (unpaired) electrons. The van der Waals surface area contributed by atoms with E-state index in [0.29, 0.717) is 23.7 Å². The molecule has 2 rings (SSSR count). The molecule has 26 heavy (non-hydrogen) atoms. The number of carbonyl (C=O) groups excluding carboxylic acids is 2. The standard InChI is InChI=1S/C18H21N3O5/c1-24-14-9-7-12(16(25-2)17(14)26-3)8-10-15(22)20-21-18(23)13-6-4-5-11-19-13/h4-7,9,11H,8,10H2,1-3H3,(H,20,22)(H,21,23). The molecule has 0 aliphatic heterocycles. The van der Waals surface area contributed by atoms with E-state index in [-0.39, 0.29) is 18.0 Å². The predicted octanol–water partition coefficient (Wildman–Crippen LogP) is 1.50. The molecule has 0 saturated heterocycles. The van der Waals surface area contributed by atoms with E-state index < -0.39 is 5.91 Å². The Morgan fingerprint density at radius 3 is 2.35 bits per heavy atom. The Labute approximate surface area is 151 Å². The van der Waals surface area contributed by atoms with E-state index >= 15 is 0 Å². The van der Waals surface area contributed by atoms with Crippen molar-refractivity contribution in [2.24, 2.45) is 0 Å². The highest BCUT2D eigenvalue weighted by Gasteiger charge is 2.16. The zero-order valence-electron chi connectivity index (χ0n) is 14.9.